The first-order valence-corrected chi connectivity index (χ1v) is 21.5. The van der Waals surface area contributed by atoms with Gasteiger partial charge in [0.05, 0.1) is 63.2 Å². The van der Waals surface area contributed by atoms with E-state index in [1.807, 2.05) is 108 Å². The predicted octanol–water partition coefficient (Wildman–Crippen LogP) is 10.4. The number of nitrogens with zero attached hydrogens (tertiary/aromatic N) is 2. The van der Waals surface area contributed by atoms with Crippen LogP contribution in [0, 0.1) is 0 Å². The molecule has 6 aromatic rings. The fourth-order valence-electron chi connectivity index (χ4n) is 7.94. The molecule has 2 atom stereocenters. The molecule has 2 aliphatic rings. The van der Waals surface area contributed by atoms with Crippen LogP contribution in [-0.2, 0) is 12.8 Å². The van der Waals surface area contributed by atoms with E-state index in [4.69, 9.17) is 56.4 Å². The van der Waals surface area contributed by atoms with E-state index in [-0.39, 0.29) is 35.5 Å². The van der Waals surface area contributed by atoms with Gasteiger partial charge in [-0.15, -0.1) is 0 Å². The molecule has 0 aliphatic carbocycles. The van der Waals surface area contributed by atoms with E-state index >= 15 is 0 Å². The highest BCUT2D eigenvalue weighted by Gasteiger charge is 2.35. The second-order valence-electron chi connectivity index (χ2n) is 14.9. The number of hydrogen-bond acceptors (Lipinski definition) is 9. The molecule has 2 amide bonds. The molecular formula is C51H50Cl2N2O9. The summed E-state index contributed by atoms with van der Waals surface area (Å²) in [6, 6.07) is 38.6. The van der Waals surface area contributed by atoms with E-state index in [0.717, 1.165) is 46.1 Å². The SMILES string of the molecule is COc1ccc(OCC2c3cc(OC)c(OC)cc3CCN2C(=O)c2cccc(Cl)c2Cl)cc1.COc1ccc(OCC2c3cc(OC)ccc3CCN2C(=O)c2ccccc2)cc1. The highest BCUT2D eigenvalue weighted by Crippen LogP contribution is 2.40. The number of fused-ring (bicyclic) bond motifs is 2. The van der Waals surface area contributed by atoms with Crippen LogP contribution >= 0.6 is 23.2 Å². The molecule has 0 spiro atoms. The number of carbonyl (C=O) groups excluding carboxylic acids is 2. The van der Waals surface area contributed by atoms with Crippen molar-refractivity contribution in [3.8, 4) is 40.2 Å². The number of ether oxygens (including phenoxy) is 7. The molecule has 6 aromatic carbocycles. The van der Waals surface area contributed by atoms with E-state index in [1.54, 1.807) is 58.6 Å². The van der Waals surface area contributed by atoms with Crippen molar-refractivity contribution < 1.29 is 42.7 Å². The monoisotopic (exact) mass is 904 g/mol. The molecule has 0 saturated carbocycles. The van der Waals surface area contributed by atoms with Crippen LogP contribution in [0.15, 0.2) is 127 Å². The van der Waals surface area contributed by atoms with Gasteiger partial charge in [-0.3, -0.25) is 9.59 Å². The maximum absolute atomic E-state index is 13.6. The summed E-state index contributed by atoms with van der Waals surface area (Å²) in [7, 11) is 8.09. The maximum atomic E-state index is 13.6. The van der Waals surface area contributed by atoms with Gasteiger partial charge in [-0.25, -0.2) is 0 Å². The van der Waals surface area contributed by atoms with Gasteiger partial charge >= 0.3 is 0 Å². The molecule has 2 unspecified atom stereocenters. The summed E-state index contributed by atoms with van der Waals surface area (Å²) in [6.45, 7) is 1.72. The first kappa shape index (κ1) is 45.5. The number of hydrogen-bond donors (Lipinski definition) is 0. The Balaban J connectivity index is 0.000000193. The lowest BCUT2D eigenvalue weighted by molar-refractivity contribution is 0.0583. The van der Waals surface area contributed by atoms with Gasteiger partial charge in [0.15, 0.2) is 11.5 Å². The lowest BCUT2D eigenvalue weighted by Gasteiger charge is -2.38. The highest BCUT2D eigenvalue weighted by atomic mass is 35.5. The third-order valence-corrected chi connectivity index (χ3v) is 12.2. The first-order valence-electron chi connectivity index (χ1n) is 20.7. The van der Waals surface area contributed by atoms with Gasteiger partial charge in [-0.2, -0.15) is 0 Å². The number of amides is 2. The molecule has 8 rings (SSSR count). The smallest absolute Gasteiger partial charge is 0.256 e. The molecule has 2 heterocycles. The lowest BCUT2D eigenvalue weighted by Crippen LogP contribution is -2.42. The van der Waals surface area contributed by atoms with Gasteiger partial charge < -0.3 is 43.0 Å². The van der Waals surface area contributed by atoms with Gasteiger partial charge in [-0.05, 0) is 132 Å². The van der Waals surface area contributed by atoms with Crippen molar-refractivity contribution in [1.82, 2.24) is 9.80 Å². The maximum Gasteiger partial charge on any atom is 0.256 e. The average Bonchev–Trinajstić information content (AvgIpc) is 3.35. The Morgan fingerprint density at radius 2 is 1.02 bits per heavy atom. The second kappa shape index (κ2) is 21.2. The Hall–Kier alpha value is -6.56. The summed E-state index contributed by atoms with van der Waals surface area (Å²) in [5, 5.41) is 0.574. The van der Waals surface area contributed by atoms with Gasteiger partial charge in [0.2, 0.25) is 0 Å². The summed E-state index contributed by atoms with van der Waals surface area (Å²) >= 11 is 12.6. The molecule has 2 aliphatic heterocycles. The fourth-order valence-corrected chi connectivity index (χ4v) is 8.32. The molecule has 0 bridgehead atoms. The van der Waals surface area contributed by atoms with Crippen LogP contribution in [-0.4, -0.2) is 83.5 Å². The van der Waals surface area contributed by atoms with Gasteiger partial charge in [0.1, 0.15) is 42.0 Å². The van der Waals surface area contributed by atoms with Crippen LogP contribution in [0.2, 0.25) is 10.0 Å². The minimum atomic E-state index is -0.381. The third kappa shape index (κ3) is 10.3. The highest BCUT2D eigenvalue weighted by molar-refractivity contribution is 6.43. The predicted molar refractivity (Wildman–Crippen MR) is 247 cm³/mol. The van der Waals surface area contributed by atoms with Crippen molar-refractivity contribution >= 4 is 35.0 Å². The molecule has 0 aromatic heterocycles. The quantitative estimate of drug-likeness (QED) is 0.112. The summed E-state index contributed by atoms with van der Waals surface area (Å²) < 4.78 is 39.1. The van der Waals surface area contributed by atoms with E-state index < -0.39 is 0 Å². The van der Waals surface area contributed by atoms with Crippen molar-refractivity contribution in [2.45, 2.75) is 24.9 Å². The van der Waals surface area contributed by atoms with Gasteiger partial charge in [-0.1, -0.05) is 53.5 Å². The third-order valence-electron chi connectivity index (χ3n) is 11.4. The molecule has 0 fully saturated rings. The number of methoxy groups -OCH3 is 5. The number of rotatable bonds is 13. The standard InChI is InChI=1S/C26H25Cl2NO5.C25H25NO4/c1-31-17-7-9-18(10-8-17)34-15-22-20-14-24(33-3)23(32-2)13-16(20)11-12-29(22)26(30)19-5-4-6-21(27)25(19)28;1-28-20-10-12-21(13-11-20)30-17-24-23-16-22(29-2)9-8-18(23)14-15-26(24)25(27)19-6-4-3-5-7-19/h4-10,13-14,22H,11-12,15H2,1-3H3;3-13,16,24H,14-15,17H2,1-2H3. The van der Waals surface area contributed by atoms with E-state index in [9.17, 15) is 9.59 Å². The Kier molecular flexibility index (Phi) is 15.1. The summed E-state index contributed by atoms with van der Waals surface area (Å²) in [5.74, 6) is 4.72. The minimum absolute atomic E-state index is 0.00685. The molecule has 332 valence electrons. The molecular weight excluding hydrogens is 855 g/mol. The summed E-state index contributed by atoms with van der Waals surface area (Å²) in [6.07, 6.45) is 1.45. The second-order valence-corrected chi connectivity index (χ2v) is 15.7. The zero-order valence-corrected chi connectivity index (χ0v) is 37.9. The molecule has 64 heavy (non-hydrogen) atoms. The molecule has 0 radical (unpaired) electrons. The normalized spacial score (nSPS) is 15.0. The van der Waals surface area contributed by atoms with E-state index in [0.29, 0.717) is 59.5 Å². The first-order chi connectivity index (χ1) is 31.2. The minimum Gasteiger partial charge on any atom is -0.497 e. The molecule has 11 nitrogen and oxygen atoms in total. The van der Waals surface area contributed by atoms with Crippen LogP contribution in [0.3, 0.4) is 0 Å². The number of carbonyl (C=O) groups is 2. The number of benzene rings is 6. The van der Waals surface area contributed by atoms with Gasteiger partial charge in [0, 0.05) is 18.7 Å². The van der Waals surface area contributed by atoms with Crippen molar-refractivity contribution in [1.29, 1.82) is 0 Å². The zero-order chi connectivity index (χ0) is 45.2. The lowest BCUT2D eigenvalue weighted by atomic mass is 9.91. The molecule has 0 saturated heterocycles. The van der Waals surface area contributed by atoms with Crippen LogP contribution in [0.25, 0.3) is 0 Å². The van der Waals surface area contributed by atoms with Crippen molar-refractivity contribution in [3.63, 3.8) is 0 Å². The fraction of sp³-hybridized carbons (Fsp3) is 0.255. The van der Waals surface area contributed by atoms with Crippen molar-refractivity contribution in [2.24, 2.45) is 0 Å². The van der Waals surface area contributed by atoms with Crippen molar-refractivity contribution in [3.05, 3.63) is 171 Å². The molecule has 13 heteroatoms. The van der Waals surface area contributed by atoms with Crippen molar-refractivity contribution in [2.75, 3.05) is 61.9 Å². The van der Waals surface area contributed by atoms with Crippen LogP contribution in [0.1, 0.15) is 55.1 Å². The molecule has 0 N–H and O–H groups in total. The average molecular weight is 906 g/mol. The number of halogens is 2. The van der Waals surface area contributed by atoms with Crippen LogP contribution in [0.5, 0.6) is 40.2 Å². The topological polar surface area (TPSA) is 105 Å². The Bertz CT molecular complexity index is 2540. The van der Waals surface area contributed by atoms with Crippen LogP contribution < -0.4 is 33.2 Å². The Morgan fingerprint density at radius 1 is 0.516 bits per heavy atom. The van der Waals surface area contributed by atoms with E-state index in [2.05, 4.69) is 6.07 Å². The largest absolute Gasteiger partial charge is 0.497 e. The summed E-state index contributed by atoms with van der Waals surface area (Å²) in [5.41, 5.74) is 5.33. The van der Waals surface area contributed by atoms with Gasteiger partial charge in [0.25, 0.3) is 11.8 Å². The van der Waals surface area contributed by atoms with Crippen LogP contribution in [0.4, 0.5) is 0 Å². The Morgan fingerprint density at radius 3 is 1.58 bits per heavy atom. The van der Waals surface area contributed by atoms with E-state index in [1.165, 1.54) is 5.56 Å². The Labute approximate surface area is 383 Å². The summed E-state index contributed by atoms with van der Waals surface area (Å²) in [4.78, 5) is 30.6. The zero-order valence-electron chi connectivity index (χ0n) is 36.3.